The van der Waals surface area contributed by atoms with Crippen LogP contribution in [0.1, 0.15) is 51.0 Å². The third-order valence-corrected chi connectivity index (χ3v) is 5.37. The lowest BCUT2D eigenvalue weighted by atomic mass is 9.86. The highest BCUT2D eigenvalue weighted by Gasteiger charge is 2.21. The summed E-state index contributed by atoms with van der Waals surface area (Å²) in [4.78, 5) is 7.05. The fourth-order valence-corrected chi connectivity index (χ4v) is 3.70. The average molecular weight is 312 g/mol. The molecule has 4 heteroatoms. The van der Waals surface area contributed by atoms with Gasteiger partial charge >= 0.3 is 0 Å². The van der Waals surface area contributed by atoms with E-state index in [0.717, 1.165) is 44.2 Å². The van der Waals surface area contributed by atoms with E-state index in [1.165, 1.54) is 31.2 Å². The van der Waals surface area contributed by atoms with Crippen LogP contribution in [0.15, 0.2) is 18.3 Å². The summed E-state index contributed by atoms with van der Waals surface area (Å²) in [7, 11) is 0. The monoisotopic (exact) mass is 312 g/mol. The van der Waals surface area contributed by atoms with Crippen molar-refractivity contribution in [1.29, 1.82) is 5.26 Å². The summed E-state index contributed by atoms with van der Waals surface area (Å²) in [6.45, 7) is 5.45. The average Bonchev–Trinajstić information content (AvgIpc) is 2.61. The van der Waals surface area contributed by atoms with E-state index in [1.54, 1.807) is 0 Å². The molecule has 2 aliphatic rings. The first-order chi connectivity index (χ1) is 11.2. The summed E-state index contributed by atoms with van der Waals surface area (Å²) in [6, 6.07) is 7.26. The molecule has 124 valence electrons. The summed E-state index contributed by atoms with van der Waals surface area (Å²) in [5.74, 6) is 2.20. The highest BCUT2D eigenvalue weighted by Crippen LogP contribution is 2.24. The SMILES string of the molecule is CC1CCN(c2ccc(CNC3CCCC(C#N)C3)cn2)CC1. The van der Waals surface area contributed by atoms with Gasteiger partial charge in [0.25, 0.3) is 0 Å². The van der Waals surface area contributed by atoms with Gasteiger partial charge in [-0.15, -0.1) is 0 Å². The first kappa shape index (κ1) is 16.3. The van der Waals surface area contributed by atoms with Gasteiger partial charge in [0.05, 0.1) is 6.07 Å². The Kier molecular flexibility index (Phi) is 5.51. The predicted molar refractivity (Wildman–Crippen MR) is 93.0 cm³/mol. The number of nitrogens with one attached hydrogen (secondary N) is 1. The summed E-state index contributed by atoms with van der Waals surface area (Å²) in [5.41, 5.74) is 1.23. The molecule has 1 saturated carbocycles. The molecule has 1 N–H and O–H groups in total. The second kappa shape index (κ2) is 7.79. The highest BCUT2D eigenvalue weighted by molar-refractivity contribution is 5.39. The molecule has 2 unspecified atom stereocenters. The smallest absolute Gasteiger partial charge is 0.128 e. The highest BCUT2D eigenvalue weighted by atomic mass is 15.2. The van der Waals surface area contributed by atoms with Gasteiger partial charge in [0.15, 0.2) is 0 Å². The van der Waals surface area contributed by atoms with E-state index in [9.17, 15) is 0 Å². The molecule has 2 heterocycles. The lowest BCUT2D eigenvalue weighted by Crippen LogP contribution is -2.34. The molecule has 4 nitrogen and oxygen atoms in total. The molecule has 0 radical (unpaired) electrons. The van der Waals surface area contributed by atoms with Crippen LogP contribution in [0.4, 0.5) is 5.82 Å². The minimum absolute atomic E-state index is 0.239. The Hall–Kier alpha value is -1.60. The van der Waals surface area contributed by atoms with Crippen LogP contribution in [0, 0.1) is 23.2 Å². The molecule has 1 aliphatic carbocycles. The van der Waals surface area contributed by atoms with Gasteiger partial charge in [-0.25, -0.2) is 4.98 Å². The minimum atomic E-state index is 0.239. The summed E-state index contributed by atoms with van der Waals surface area (Å²) in [6.07, 6.45) is 8.97. The van der Waals surface area contributed by atoms with Crippen molar-refractivity contribution in [2.24, 2.45) is 11.8 Å². The van der Waals surface area contributed by atoms with Gasteiger partial charge in [0.1, 0.15) is 5.82 Å². The van der Waals surface area contributed by atoms with Crippen LogP contribution in [-0.4, -0.2) is 24.1 Å². The van der Waals surface area contributed by atoms with Crippen molar-refractivity contribution in [3.63, 3.8) is 0 Å². The molecule has 23 heavy (non-hydrogen) atoms. The van der Waals surface area contributed by atoms with Gasteiger partial charge in [-0.2, -0.15) is 5.26 Å². The Labute approximate surface area is 139 Å². The zero-order valence-corrected chi connectivity index (χ0v) is 14.2. The first-order valence-corrected chi connectivity index (χ1v) is 9.07. The molecular formula is C19H28N4. The van der Waals surface area contributed by atoms with Gasteiger partial charge in [-0.1, -0.05) is 19.4 Å². The molecule has 1 aromatic heterocycles. The topological polar surface area (TPSA) is 52.0 Å². The number of pyridine rings is 1. The lowest BCUT2D eigenvalue weighted by molar-refractivity contribution is 0.326. The maximum Gasteiger partial charge on any atom is 0.128 e. The van der Waals surface area contributed by atoms with Crippen molar-refractivity contribution >= 4 is 5.82 Å². The fourth-order valence-electron chi connectivity index (χ4n) is 3.70. The Bertz CT molecular complexity index is 525. The molecule has 1 saturated heterocycles. The lowest BCUT2D eigenvalue weighted by Gasteiger charge is -2.31. The van der Waals surface area contributed by atoms with Crippen LogP contribution in [0.5, 0.6) is 0 Å². The second-order valence-electron chi connectivity index (χ2n) is 7.26. The zero-order chi connectivity index (χ0) is 16.1. The normalized spacial score (nSPS) is 26.0. The second-order valence-corrected chi connectivity index (χ2v) is 7.26. The van der Waals surface area contributed by atoms with Crippen LogP contribution in [-0.2, 0) is 6.54 Å². The number of aromatic nitrogens is 1. The summed E-state index contributed by atoms with van der Waals surface area (Å²) >= 11 is 0. The van der Waals surface area contributed by atoms with Crippen LogP contribution in [0.3, 0.4) is 0 Å². The quantitative estimate of drug-likeness (QED) is 0.924. The van der Waals surface area contributed by atoms with Crippen LogP contribution in [0.25, 0.3) is 0 Å². The molecule has 0 aromatic carbocycles. The predicted octanol–water partition coefficient (Wildman–Crippen LogP) is 3.49. The molecule has 0 bridgehead atoms. The Morgan fingerprint density at radius 1 is 1.26 bits per heavy atom. The number of anilines is 1. The van der Waals surface area contributed by atoms with Gasteiger partial charge in [-0.3, -0.25) is 0 Å². The fraction of sp³-hybridized carbons (Fsp3) is 0.684. The maximum absolute atomic E-state index is 9.07. The van der Waals surface area contributed by atoms with Crippen molar-refractivity contribution in [3.8, 4) is 6.07 Å². The van der Waals surface area contributed by atoms with Crippen molar-refractivity contribution in [1.82, 2.24) is 10.3 Å². The van der Waals surface area contributed by atoms with Crippen LogP contribution >= 0.6 is 0 Å². The Morgan fingerprint density at radius 3 is 2.78 bits per heavy atom. The van der Waals surface area contributed by atoms with Gasteiger partial charge < -0.3 is 10.2 Å². The van der Waals surface area contributed by atoms with E-state index in [-0.39, 0.29) is 5.92 Å². The largest absolute Gasteiger partial charge is 0.357 e. The number of nitrogens with zero attached hydrogens (tertiary/aromatic N) is 3. The van der Waals surface area contributed by atoms with Crippen molar-refractivity contribution in [2.45, 2.75) is 58.0 Å². The van der Waals surface area contributed by atoms with E-state index in [0.29, 0.717) is 6.04 Å². The van der Waals surface area contributed by atoms with Gasteiger partial charge in [0.2, 0.25) is 0 Å². The third kappa shape index (κ3) is 4.45. The van der Waals surface area contributed by atoms with Gasteiger partial charge in [-0.05, 0) is 49.7 Å². The summed E-state index contributed by atoms with van der Waals surface area (Å²) in [5, 5.41) is 12.7. The molecule has 0 spiro atoms. The Balaban J connectivity index is 1.49. The van der Waals surface area contributed by atoms with Gasteiger partial charge in [0, 0.05) is 37.8 Å². The maximum atomic E-state index is 9.07. The van der Waals surface area contributed by atoms with Crippen molar-refractivity contribution < 1.29 is 0 Å². The minimum Gasteiger partial charge on any atom is -0.357 e. The molecule has 2 atom stereocenters. The molecule has 0 amide bonds. The number of hydrogen-bond donors (Lipinski definition) is 1. The van der Waals surface area contributed by atoms with E-state index in [2.05, 4.69) is 40.3 Å². The third-order valence-electron chi connectivity index (χ3n) is 5.37. The molecule has 1 aromatic rings. The van der Waals surface area contributed by atoms with E-state index in [4.69, 9.17) is 5.26 Å². The zero-order valence-electron chi connectivity index (χ0n) is 14.2. The number of nitriles is 1. The molecule has 2 fully saturated rings. The number of rotatable bonds is 4. The molecule has 3 rings (SSSR count). The van der Waals surface area contributed by atoms with Crippen molar-refractivity contribution in [2.75, 3.05) is 18.0 Å². The first-order valence-electron chi connectivity index (χ1n) is 9.07. The standard InChI is InChI=1S/C19H28N4/c1-15-7-9-23(10-8-15)19-6-5-17(14-22-19)13-21-18-4-2-3-16(11-18)12-20/h5-6,14-16,18,21H,2-4,7-11,13H2,1H3. The molecule has 1 aliphatic heterocycles. The van der Waals surface area contributed by atoms with Crippen molar-refractivity contribution in [3.05, 3.63) is 23.9 Å². The van der Waals surface area contributed by atoms with E-state index >= 15 is 0 Å². The van der Waals surface area contributed by atoms with E-state index < -0.39 is 0 Å². The Morgan fingerprint density at radius 2 is 2.09 bits per heavy atom. The number of piperidine rings is 1. The number of hydrogen-bond acceptors (Lipinski definition) is 4. The summed E-state index contributed by atoms with van der Waals surface area (Å²) < 4.78 is 0. The van der Waals surface area contributed by atoms with E-state index in [1.807, 2.05) is 6.20 Å². The van der Waals surface area contributed by atoms with Crippen LogP contribution in [0.2, 0.25) is 0 Å². The molecular weight excluding hydrogens is 284 g/mol. The van der Waals surface area contributed by atoms with Crippen LogP contribution < -0.4 is 10.2 Å².